The second-order valence-corrected chi connectivity index (χ2v) is 6.82. The summed E-state index contributed by atoms with van der Waals surface area (Å²) in [4.78, 5) is 15.3. The van der Waals surface area contributed by atoms with Crippen molar-refractivity contribution in [2.24, 2.45) is 0 Å². The van der Waals surface area contributed by atoms with E-state index in [4.69, 9.17) is 4.74 Å². The molecule has 3 aromatic rings. The molecule has 27 heavy (non-hydrogen) atoms. The van der Waals surface area contributed by atoms with Gasteiger partial charge in [0.25, 0.3) is 0 Å². The number of carbonyl (C=O) groups is 1. The number of anilines is 1. The van der Waals surface area contributed by atoms with Gasteiger partial charge < -0.3 is 9.64 Å². The maximum absolute atomic E-state index is 13.2. The average molecular weight is 355 g/mol. The minimum atomic E-state index is -0.415. The number of fused-ring (bicyclic) bond motifs is 1. The standard InChI is InChI=1S/C24H21NO2/c1-25(2)19-14-12-17(13-15-19)16-21-23(26)20-10-6-7-11-22(20)27-24(21)18-8-4-3-5-9-18/h3-16,24H,1-2H3/b21-16+. The van der Waals surface area contributed by atoms with Crippen molar-refractivity contribution < 1.29 is 9.53 Å². The van der Waals surface area contributed by atoms with E-state index in [1.807, 2.05) is 99.0 Å². The van der Waals surface area contributed by atoms with Crippen LogP contribution in [0.1, 0.15) is 27.6 Å². The maximum Gasteiger partial charge on any atom is 0.196 e. The molecule has 0 fully saturated rings. The van der Waals surface area contributed by atoms with Gasteiger partial charge in [-0.1, -0.05) is 54.6 Å². The van der Waals surface area contributed by atoms with Crippen LogP contribution in [0.2, 0.25) is 0 Å². The van der Waals surface area contributed by atoms with E-state index in [0.29, 0.717) is 16.9 Å². The topological polar surface area (TPSA) is 29.5 Å². The van der Waals surface area contributed by atoms with Gasteiger partial charge in [0.15, 0.2) is 11.9 Å². The SMILES string of the molecule is CN(C)c1ccc(/C=C2\C(=O)c3ccccc3OC2c2ccccc2)cc1. The van der Waals surface area contributed by atoms with Crippen LogP contribution < -0.4 is 9.64 Å². The zero-order valence-electron chi connectivity index (χ0n) is 15.4. The third-order valence-corrected chi connectivity index (χ3v) is 4.76. The summed E-state index contributed by atoms with van der Waals surface area (Å²) in [5, 5.41) is 0. The lowest BCUT2D eigenvalue weighted by molar-refractivity contribution is 0.0963. The van der Waals surface area contributed by atoms with Crippen LogP contribution in [0.3, 0.4) is 0 Å². The molecule has 1 aliphatic rings. The number of Topliss-reactive ketones (excluding diaryl/α,β-unsaturated/α-hetero) is 1. The number of benzene rings is 3. The van der Waals surface area contributed by atoms with E-state index >= 15 is 0 Å². The van der Waals surface area contributed by atoms with Crippen molar-refractivity contribution in [3.63, 3.8) is 0 Å². The van der Waals surface area contributed by atoms with Crippen LogP contribution in [-0.2, 0) is 0 Å². The first-order chi connectivity index (χ1) is 13.1. The Morgan fingerprint density at radius 1 is 0.852 bits per heavy atom. The van der Waals surface area contributed by atoms with Crippen LogP contribution >= 0.6 is 0 Å². The first-order valence-electron chi connectivity index (χ1n) is 8.98. The number of rotatable bonds is 3. The van der Waals surface area contributed by atoms with Gasteiger partial charge in [-0.2, -0.15) is 0 Å². The summed E-state index contributed by atoms with van der Waals surface area (Å²) in [6, 6.07) is 25.5. The second-order valence-electron chi connectivity index (χ2n) is 6.82. The van der Waals surface area contributed by atoms with Gasteiger partial charge in [0.05, 0.1) is 5.56 Å². The molecular formula is C24H21NO2. The molecular weight excluding hydrogens is 334 g/mol. The minimum absolute atomic E-state index is 0.0161. The molecule has 0 N–H and O–H groups in total. The molecule has 134 valence electrons. The van der Waals surface area contributed by atoms with Crippen LogP contribution in [0.4, 0.5) is 5.69 Å². The molecule has 0 saturated heterocycles. The van der Waals surface area contributed by atoms with E-state index in [1.54, 1.807) is 0 Å². The number of para-hydroxylation sites is 1. The summed E-state index contributed by atoms with van der Waals surface area (Å²) in [7, 11) is 4.02. The third kappa shape index (κ3) is 3.36. The van der Waals surface area contributed by atoms with Crippen molar-refractivity contribution in [2.45, 2.75) is 6.10 Å². The Morgan fingerprint density at radius 2 is 1.52 bits per heavy atom. The largest absolute Gasteiger partial charge is 0.480 e. The molecule has 3 nitrogen and oxygen atoms in total. The van der Waals surface area contributed by atoms with E-state index in [0.717, 1.165) is 16.8 Å². The fourth-order valence-electron chi connectivity index (χ4n) is 3.29. The Labute approximate surface area is 159 Å². The molecule has 0 aromatic heterocycles. The highest BCUT2D eigenvalue weighted by molar-refractivity contribution is 6.14. The predicted octanol–water partition coefficient (Wildman–Crippen LogP) is 5.15. The Bertz CT molecular complexity index is 988. The van der Waals surface area contributed by atoms with Crippen molar-refractivity contribution in [2.75, 3.05) is 19.0 Å². The van der Waals surface area contributed by atoms with Crippen LogP contribution in [-0.4, -0.2) is 19.9 Å². The van der Waals surface area contributed by atoms with Crippen molar-refractivity contribution in [1.82, 2.24) is 0 Å². The van der Waals surface area contributed by atoms with Crippen LogP contribution in [0, 0.1) is 0 Å². The molecule has 0 spiro atoms. The van der Waals surface area contributed by atoms with Crippen molar-refractivity contribution in [3.8, 4) is 5.75 Å². The first-order valence-corrected chi connectivity index (χ1v) is 8.98. The zero-order valence-corrected chi connectivity index (χ0v) is 15.4. The van der Waals surface area contributed by atoms with Crippen LogP contribution in [0.15, 0.2) is 84.4 Å². The highest BCUT2D eigenvalue weighted by Gasteiger charge is 2.32. The van der Waals surface area contributed by atoms with E-state index < -0.39 is 6.10 Å². The maximum atomic E-state index is 13.2. The summed E-state index contributed by atoms with van der Waals surface area (Å²) in [6.07, 6.45) is 1.53. The third-order valence-electron chi connectivity index (χ3n) is 4.76. The smallest absolute Gasteiger partial charge is 0.196 e. The van der Waals surface area contributed by atoms with E-state index in [1.165, 1.54) is 0 Å². The first kappa shape index (κ1) is 17.1. The van der Waals surface area contributed by atoms with E-state index in [9.17, 15) is 4.79 Å². The molecule has 0 aliphatic carbocycles. The van der Waals surface area contributed by atoms with Crippen molar-refractivity contribution in [1.29, 1.82) is 0 Å². The molecule has 0 saturated carbocycles. The molecule has 1 aliphatic heterocycles. The molecule has 3 heteroatoms. The highest BCUT2D eigenvalue weighted by atomic mass is 16.5. The number of hydrogen-bond acceptors (Lipinski definition) is 3. The van der Waals surface area contributed by atoms with Crippen molar-refractivity contribution in [3.05, 3.63) is 101 Å². The summed E-state index contributed by atoms with van der Waals surface area (Å²) >= 11 is 0. The Hall–Kier alpha value is -3.33. The molecule has 1 heterocycles. The van der Waals surface area contributed by atoms with E-state index in [2.05, 4.69) is 4.90 Å². The van der Waals surface area contributed by atoms with Gasteiger partial charge in [0, 0.05) is 25.4 Å². The lowest BCUT2D eigenvalue weighted by atomic mass is 9.89. The monoisotopic (exact) mass is 355 g/mol. The molecule has 0 amide bonds. The van der Waals surface area contributed by atoms with Gasteiger partial charge in [-0.05, 0) is 41.5 Å². The van der Waals surface area contributed by atoms with Gasteiger partial charge in [-0.25, -0.2) is 0 Å². The van der Waals surface area contributed by atoms with Crippen molar-refractivity contribution >= 4 is 17.5 Å². The fraction of sp³-hybridized carbons (Fsp3) is 0.125. The number of hydrogen-bond donors (Lipinski definition) is 0. The zero-order chi connectivity index (χ0) is 18.8. The summed E-state index contributed by atoms with van der Waals surface area (Å²) < 4.78 is 6.24. The predicted molar refractivity (Wildman–Crippen MR) is 109 cm³/mol. The normalized spacial score (nSPS) is 17.3. The Morgan fingerprint density at radius 3 is 2.22 bits per heavy atom. The van der Waals surface area contributed by atoms with Gasteiger partial charge in [0.1, 0.15) is 5.75 Å². The van der Waals surface area contributed by atoms with Gasteiger partial charge in [-0.3, -0.25) is 4.79 Å². The molecule has 1 unspecified atom stereocenters. The Kier molecular flexibility index (Phi) is 4.51. The molecule has 0 radical (unpaired) electrons. The summed E-state index contributed by atoms with van der Waals surface area (Å²) in [5.41, 5.74) is 4.33. The summed E-state index contributed by atoms with van der Waals surface area (Å²) in [6.45, 7) is 0. The molecule has 1 atom stereocenters. The van der Waals surface area contributed by atoms with E-state index in [-0.39, 0.29) is 5.78 Å². The molecule has 3 aromatic carbocycles. The van der Waals surface area contributed by atoms with Crippen LogP contribution in [0.25, 0.3) is 6.08 Å². The number of carbonyl (C=O) groups excluding carboxylic acids is 1. The van der Waals surface area contributed by atoms with Crippen LogP contribution in [0.5, 0.6) is 5.75 Å². The lowest BCUT2D eigenvalue weighted by Crippen LogP contribution is -2.23. The van der Waals surface area contributed by atoms with Gasteiger partial charge in [-0.15, -0.1) is 0 Å². The number of ether oxygens (including phenoxy) is 1. The number of nitrogens with zero attached hydrogens (tertiary/aromatic N) is 1. The second kappa shape index (κ2) is 7.12. The average Bonchev–Trinajstić information content (AvgIpc) is 2.71. The fourth-order valence-corrected chi connectivity index (χ4v) is 3.29. The lowest BCUT2D eigenvalue weighted by Gasteiger charge is -2.28. The minimum Gasteiger partial charge on any atom is -0.480 e. The Balaban J connectivity index is 1.80. The number of ketones is 1. The molecule has 4 rings (SSSR count). The van der Waals surface area contributed by atoms with Gasteiger partial charge in [0.2, 0.25) is 0 Å². The summed E-state index contributed by atoms with van der Waals surface area (Å²) in [5.74, 6) is 0.652. The quantitative estimate of drug-likeness (QED) is 0.608. The molecule has 0 bridgehead atoms. The van der Waals surface area contributed by atoms with Gasteiger partial charge >= 0.3 is 0 Å². The highest BCUT2D eigenvalue weighted by Crippen LogP contribution is 2.39.